The number of esters is 1. The van der Waals surface area contributed by atoms with Gasteiger partial charge < -0.3 is 20.5 Å². The van der Waals surface area contributed by atoms with Crippen molar-refractivity contribution < 1.29 is 14.3 Å². The number of anilines is 3. The van der Waals surface area contributed by atoms with Crippen molar-refractivity contribution in [2.75, 3.05) is 17.7 Å². The van der Waals surface area contributed by atoms with Crippen LogP contribution in [0.1, 0.15) is 31.9 Å². The van der Waals surface area contributed by atoms with Crippen molar-refractivity contribution in [3.8, 4) is 5.75 Å². The average molecular weight is 488 g/mol. The van der Waals surface area contributed by atoms with Gasteiger partial charge in [-0.1, -0.05) is 23.8 Å². The summed E-state index contributed by atoms with van der Waals surface area (Å²) in [6.45, 7) is 5.15. The van der Waals surface area contributed by atoms with Gasteiger partial charge in [0.25, 0.3) is 0 Å². The lowest BCUT2D eigenvalue weighted by Gasteiger charge is -2.20. The van der Waals surface area contributed by atoms with Crippen LogP contribution in [0.15, 0.2) is 42.9 Å². The maximum absolute atomic E-state index is 12.1. The molecule has 0 saturated heterocycles. The number of halogens is 2. The number of rotatable bonds is 7. The fourth-order valence-electron chi connectivity index (χ4n) is 2.72. The summed E-state index contributed by atoms with van der Waals surface area (Å²) in [6.07, 6.45) is 8.30. The van der Waals surface area contributed by atoms with E-state index in [4.69, 9.17) is 38.4 Å². The number of nitrogen functional groups attached to an aromatic ring is 1. The monoisotopic (exact) mass is 487 g/mol. The molecule has 0 unspecified atom stereocenters. The molecule has 1 aromatic carbocycles. The van der Waals surface area contributed by atoms with Crippen molar-refractivity contribution in [2.24, 2.45) is 0 Å². The highest BCUT2D eigenvalue weighted by molar-refractivity contribution is 6.33. The van der Waals surface area contributed by atoms with Gasteiger partial charge in [0, 0.05) is 23.6 Å². The zero-order valence-corrected chi connectivity index (χ0v) is 19.8. The van der Waals surface area contributed by atoms with Crippen LogP contribution < -0.4 is 15.8 Å². The maximum Gasteiger partial charge on any atom is 0.344 e. The lowest BCUT2D eigenvalue weighted by Crippen LogP contribution is -2.27. The maximum atomic E-state index is 12.1. The van der Waals surface area contributed by atoms with Gasteiger partial charge in [0.05, 0.1) is 11.9 Å². The molecule has 0 bridgehead atoms. The highest BCUT2D eigenvalue weighted by Gasteiger charge is 2.17. The molecule has 172 valence electrons. The third-order valence-electron chi connectivity index (χ3n) is 3.99. The van der Waals surface area contributed by atoms with Crippen LogP contribution in [-0.4, -0.2) is 33.1 Å². The average Bonchev–Trinajstić information content (AvgIpc) is 2.73. The molecule has 0 aliphatic rings. The Kier molecular flexibility index (Phi) is 7.73. The summed E-state index contributed by atoms with van der Waals surface area (Å²) in [5.41, 5.74) is 7.90. The lowest BCUT2D eigenvalue weighted by molar-refractivity contribution is -0.157. The molecular formula is C23H23Cl2N5O3. The molecule has 0 spiro atoms. The second-order valence-corrected chi connectivity index (χ2v) is 8.72. The van der Waals surface area contributed by atoms with Crippen LogP contribution in [0.2, 0.25) is 10.3 Å². The highest BCUT2D eigenvalue weighted by Crippen LogP contribution is 2.29. The van der Waals surface area contributed by atoms with E-state index in [1.165, 1.54) is 6.20 Å². The van der Waals surface area contributed by atoms with E-state index in [-0.39, 0.29) is 11.9 Å². The minimum atomic E-state index is -0.602. The highest BCUT2D eigenvalue weighted by atomic mass is 35.5. The fraction of sp³-hybridized carbons (Fsp3) is 0.217. The predicted molar refractivity (Wildman–Crippen MR) is 131 cm³/mol. The number of aromatic nitrogens is 3. The molecule has 33 heavy (non-hydrogen) atoms. The topological polar surface area (TPSA) is 112 Å². The largest absolute Gasteiger partial charge is 0.481 e. The molecule has 2 heterocycles. The molecule has 0 aliphatic carbocycles. The van der Waals surface area contributed by atoms with Crippen LogP contribution in [0.5, 0.6) is 5.75 Å². The Hall–Kier alpha value is -3.36. The molecule has 0 fully saturated rings. The molecule has 2 aromatic heterocycles. The second-order valence-electron chi connectivity index (χ2n) is 7.97. The Morgan fingerprint density at radius 1 is 1.15 bits per heavy atom. The number of hydrogen-bond donors (Lipinski definition) is 2. The van der Waals surface area contributed by atoms with E-state index in [1.54, 1.807) is 51.4 Å². The van der Waals surface area contributed by atoms with Crippen LogP contribution in [0.4, 0.5) is 17.2 Å². The fourth-order valence-corrected chi connectivity index (χ4v) is 2.99. The third-order valence-corrected chi connectivity index (χ3v) is 4.45. The Morgan fingerprint density at radius 3 is 2.67 bits per heavy atom. The summed E-state index contributed by atoms with van der Waals surface area (Å²) in [7, 11) is 0. The molecular weight excluding hydrogens is 465 g/mol. The number of benzene rings is 1. The Labute approximate surface area is 201 Å². The summed E-state index contributed by atoms with van der Waals surface area (Å²) in [4.78, 5) is 24.1. The molecule has 0 radical (unpaired) electrons. The molecule has 10 heteroatoms. The normalized spacial score (nSPS) is 11.4. The zero-order valence-electron chi connectivity index (χ0n) is 18.3. The van der Waals surface area contributed by atoms with Crippen molar-refractivity contribution in [1.82, 2.24) is 15.0 Å². The van der Waals surface area contributed by atoms with Crippen LogP contribution >= 0.6 is 23.2 Å². The van der Waals surface area contributed by atoms with E-state index in [0.29, 0.717) is 33.5 Å². The molecule has 0 aliphatic heterocycles. The van der Waals surface area contributed by atoms with Crippen LogP contribution in [0.3, 0.4) is 0 Å². The quantitative estimate of drug-likeness (QED) is 0.336. The Bertz CT molecular complexity index is 1180. The minimum Gasteiger partial charge on any atom is -0.481 e. The van der Waals surface area contributed by atoms with Crippen molar-refractivity contribution in [2.45, 2.75) is 26.4 Å². The summed E-state index contributed by atoms with van der Waals surface area (Å²) in [6, 6.07) is 7.08. The standard InChI is InChI=1S/C23H23Cl2N5O3/c1-23(2,3)33-20(31)13-32-19-7-6-17(29-21-18(24)12-28-22(25)30-21)9-15(19)5-4-14-8-16(26)11-27-10-14/h4-12H,13,26H2,1-3H3,(H,28,29,30)/b5-4+. The van der Waals surface area contributed by atoms with Gasteiger partial charge in [-0.05, 0) is 62.2 Å². The zero-order chi connectivity index (χ0) is 24.0. The van der Waals surface area contributed by atoms with Gasteiger partial charge in [-0.2, -0.15) is 4.98 Å². The van der Waals surface area contributed by atoms with Gasteiger partial charge in [-0.25, -0.2) is 9.78 Å². The van der Waals surface area contributed by atoms with Crippen molar-refractivity contribution >= 4 is 58.5 Å². The van der Waals surface area contributed by atoms with E-state index in [1.807, 2.05) is 18.2 Å². The van der Waals surface area contributed by atoms with Gasteiger partial charge in [0.2, 0.25) is 5.28 Å². The number of nitrogens with one attached hydrogen (secondary N) is 1. The number of nitrogens with two attached hydrogens (primary N) is 1. The first kappa shape index (κ1) is 24.3. The third kappa shape index (κ3) is 7.62. The Morgan fingerprint density at radius 2 is 1.94 bits per heavy atom. The number of nitrogens with zero attached hydrogens (tertiary/aromatic N) is 3. The summed E-state index contributed by atoms with van der Waals surface area (Å²) in [5.74, 6) is 0.363. The lowest BCUT2D eigenvalue weighted by atomic mass is 10.1. The molecule has 8 nitrogen and oxygen atoms in total. The molecule has 3 rings (SSSR count). The SMILES string of the molecule is CC(C)(C)OC(=O)COc1ccc(Nc2nc(Cl)ncc2Cl)cc1/C=C/c1cncc(N)c1. The summed E-state index contributed by atoms with van der Waals surface area (Å²) < 4.78 is 11.0. The molecule has 0 amide bonds. The first-order valence-corrected chi connectivity index (χ1v) is 10.7. The molecule has 3 aromatic rings. The van der Waals surface area contributed by atoms with Gasteiger partial charge >= 0.3 is 5.97 Å². The Balaban J connectivity index is 1.87. The van der Waals surface area contributed by atoms with E-state index >= 15 is 0 Å². The van der Waals surface area contributed by atoms with E-state index in [0.717, 1.165) is 5.56 Å². The van der Waals surface area contributed by atoms with Crippen LogP contribution in [0.25, 0.3) is 12.2 Å². The number of ether oxygens (including phenoxy) is 2. The van der Waals surface area contributed by atoms with Gasteiger partial charge in [0.15, 0.2) is 12.4 Å². The smallest absolute Gasteiger partial charge is 0.344 e. The van der Waals surface area contributed by atoms with Crippen LogP contribution in [0, 0.1) is 0 Å². The molecule has 0 saturated carbocycles. The van der Waals surface area contributed by atoms with Crippen molar-refractivity contribution in [3.63, 3.8) is 0 Å². The van der Waals surface area contributed by atoms with Crippen molar-refractivity contribution in [3.05, 3.63) is 64.3 Å². The molecule has 0 atom stereocenters. The van der Waals surface area contributed by atoms with Gasteiger partial charge in [0.1, 0.15) is 16.4 Å². The predicted octanol–water partition coefficient (Wildman–Crippen LogP) is 5.40. The van der Waals surface area contributed by atoms with E-state index in [2.05, 4.69) is 20.3 Å². The minimum absolute atomic E-state index is 0.0634. The van der Waals surface area contributed by atoms with Gasteiger partial charge in [-0.3, -0.25) is 4.98 Å². The van der Waals surface area contributed by atoms with Gasteiger partial charge in [-0.15, -0.1) is 0 Å². The summed E-state index contributed by atoms with van der Waals surface area (Å²) >= 11 is 12.0. The first-order chi connectivity index (χ1) is 15.6. The molecule has 3 N–H and O–H groups in total. The van der Waals surface area contributed by atoms with E-state index in [9.17, 15) is 4.79 Å². The summed E-state index contributed by atoms with van der Waals surface area (Å²) in [5, 5.41) is 3.48. The number of pyridine rings is 1. The second kappa shape index (κ2) is 10.5. The number of carbonyl (C=O) groups is 1. The number of hydrogen-bond acceptors (Lipinski definition) is 8. The number of carbonyl (C=O) groups excluding carboxylic acids is 1. The van der Waals surface area contributed by atoms with Crippen LogP contribution in [-0.2, 0) is 9.53 Å². The first-order valence-electron chi connectivity index (χ1n) is 9.91. The van der Waals surface area contributed by atoms with E-state index < -0.39 is 11.6 Å². The van der Waals surface area contributed by atoms with Crippen molar-refractivity contribution in [1.29, 1.82) is 0 Å².